The van der Waals surface area contributed by atoms with Crippen molar-refractivity contribution in [1.29, 1.82) is 0 Å². The van der Waals surface area contributed by atoms with E-state index in [2.05, 4.69) is 65.8 Å². The van der Waals surface area contributed by atoms with Crippen LogP contribution in [0.1, 0.15) is 71.9 Å². The Balaban J connectivity index is 2.28. The van der Waals surface area contributed by atoms with E-state index in [0.29, 0.717) is 16.2 Å². The predicted octanol–water partition coefficient (Wildman–Crippen LogP) is 5.74. The molecule has 0 radical (unpaired) electrons. The van der Waals surface area contributed by atoms with Crippen LogP contribution in [0, 0.1) is 10.8 Å². The molecule has 0 saturated heterocycles. The maximum atomic E-state index is 2.40. The zero-order chi connectivity index (χ0) is 14.3. The molecule has 0 heteroatoms. The fraction of sp³-hybridized carbons (Fsp3) is 0.684. The third-order valence-electron chi connectivity index (χ3n) is 4.86. The van der Waals surface area contributed by atoms with E-state index in [4.69, 9.17) is 0 Å². The molecular weight excluding hydrogens is 228 g/mol. The number of hydrogen-bond acceptors (Lipinski definition) is 0. The Bertz CT molecular complexity index is 436. The highest BCUT2D eigenvalue weighted by Crippen LogP contribution is 2.60. The zero-order valence-corrected chi connectivity index (χ0v) is 13.6. The van der Waals surface area contributed by atoms with Gasteiger partial charge in [0.05, 0.1) is 0 Å². The van der Waals surface area contributed by atoms with Crippen LogP contribution >= 0.6 is 0 Å². The van der Waals surface area contributed by atoms with Crippen molar-refractivity contribution < 1.29 is 0 Å². The highest BCUT2D eigenvalue weighted by molar-refractivity contribution is 5.40. The number of aryl methyl sites for hydroxylation is 1. The molecule has 1 aliphatic carbocycles. The molecule has 0 atom stereocenters. The van der Waals surface area contributed by atoms with Gasteiger partial charge >= 0.3 is 0 Å². The summed E-state index contributed by atoms with van der Waals surface area (Å²) in [7, 11) is 0. The van der Waals surface area contributed by atoms with Crippen LogP contribution in [0.25, 0.3) is 0 Å². The molecule has 1 fully saturated rings. The summed E-state index contributed by atoms with van der Waals surface area (Å²) in [6, 6.07) is 9.17. The van der Waals surface area contributed by atoms with E-state index in [1.54, 1.807) is 11.1 Å². The maximum Gasteiger partial charge on any atom is 0.000485 e. The maximum absolute atomic E-state index is 2.40. The third kappa shape index (κ3) is 3.04. The van der Waals surface area contributed by atoms with E-state index < -0.39 is 0 Å². The highest BCUT2D eigenvalue weighted by Gasteiger charge is 2.53. The molecule has 0 amide bonds. The molecule has 2 rings (SSSR count). The molecule has 0 heterocycles. The predicted molar refractivity (Wildman–Crippen MR) is 84.6 cm³/mol. The SMILES string of the molecule is CC(C)(C)CCc1ccccc1C1(C(C)(C)C)CC1. The first kappa shape index (κ1) is 14.6. The second kappa shape index (κ2) is 4.65. The van der Waals surface area contributed by atoms with Gasteiger partial charge in [0.25, 0.3) is 0 Å². The summed E-state index contributed by atoms with van der Waals surface area (Å²) in [5.41, 5.74) is 4.47. The second-order valence-electron chi connectivity index (χ2n) is 8.55. The van der Waals surface area contributed by atoms with Gasteiger partial charge in [0.2, 0.25) is 0 Å². The van der Waals surface area contributed by atoms with Crippen LogP contribution in [-0.4, -0.2) is 0 Å². The molecule has 0 N–H and O–H groups in total. The van der Waals surface area contributed by atoms with Gasteiger partial charge in [-0.2, -0.15) is 0 Å². The van der Waals surface area contributed by atoms with Crippen molar-refractivity contribution in [3.8, 4) is 0 Å². The average Bonchev–Trinajstić information content (AvgIpc) is 3.06. The van der Waals surface area contributed by atoms with Gasteiger partial charge in [0.15, 0.2) is 0 Å². The van der Waals surface area contributed by atoms with E-state index in [1.807, 2.05) is 0 Å². The van der Waals surface area contributed by atoms with Gasteiger partial charge in [-0.3, -0.25) is 0 Å². The summed E-state index contributed by atoms with van der Waals surface area (Å²) in [6.45, 7) is 14.2. The molecule has 19 heavy (non-hydrogen) atoms. The van der Waals surface area contributed by atoms with Crippen molar-refractivity contribution in [2.24, 2.45) is 10.8 Å². The Morgan fingerprint density at radius 1 is 0.947 bits per heavy atom. The fourth-order valence-corrected chi connectivity index (χ4v) is 3.26. The van der Waals surface area contributed by atoms with Crippen LogP contribution in [-0.2, 0) is 11.8 Å². The van der Waals surface area contributed by atoms with Crippen LogP contribution in [0.4, 0.5) is 0 Å². The summed E-state index contributed by atoms with van der Waals surface area (Å²) < 4.78 is 0. The second-order valence-corrected chi connectivity index (χ2v) is 8.55. The Morgan fingerprint density at radius 2 is 1.53 bits per heavy atom. The van der Waals surface area contributed by atoms with Crippen LogP contribution in [0.5, 0.6) is 0 Å². The Labute approximate surface area is 119 Å². The average molecular weight is 258 g/mol. The van der Waals surface area contributed by atoms with Crippen LogP contribution in [0.15, 0.2) is 24.3 Å². The minimum Gasteiger partial charge on any atom is -0.0620 e. The van der Waals surface area contributed by atoms with Gasteiger partial charge in [-0.1, -0.05) is 65.8 Å². The summed E-state index contributed by atoms with van der Waals surface area (Å²) >= 11 is 0. The first-order valence-electron chi connectivity index (χ1n) is 7.74. The van der Waals surface area contributed by atoms with E-state index in [1.165, 1.54) is 25.7 Å². The lowest BCUT2D eigenvalue weighted by atomic mass is 9.71. The van der Waals surface area contributed by atoms with Crippen molar-refractivity contribution in [3.63, 3.8) is 0 Å². The molecule has 0 unspecified atom stereocenters. The van der Waals surface area contributed by atoms with Crippen molar-refractivity contribution in [1.82, 2.24) is 0 Å². The summed E-state index contributed by atoms with van der Waals surface area (Å²) in [6.07, 6.45) is 5.22. The number of benzene rings is 1. The Hall–Kier alpha value is -0.780. The van der Waals surface area contributed by atoms with Gasteiger partial charge in [0.1, 0.15) is 0 Å². The van der Waals surface area contributed by atoms with Gasteiger partial charge < -0.3 is 0 Å². The quantitative estimate of drug-likeness (QED) is 0.648. The monoisotopic (exact) mass is 258 g/mol. The van der Waals surface area contributed by atoms with E-state index in [-0.39, 0.29) is 0 Å². The Morgan fingerprint density at radius 3 is 2.00 bits per heavy atom. The largest absolute Gasteiger partial charge is 0.0620 e. The summed E-state index contributed by atoms with van der Waals surface area (Å²) in [5, 5.41) is 0. The van der Waals surface area contributed by atoms with Gasteiger partial charge in [0, 0.05) is 5.41 Å². The highest BCUT2D eigenvalue weighted by atomic mass is 14.6. The molecule has 1 saturated carbocycles. The minimum atomic E-state index is 0.380. The molecule has 106 valence electrons. The molecule has 0 aliphatic heterocycles. The Kier molecular flexibility index (Phi) is 3.58. The lowest BCUT2D eigenvalue weighted by Crippen LogP contribution is -2.27. The lowest BCUT2D eigenvalue weighted by Gasteiger charge is -2.33. The first-order chi connectivity index (χ1) is 8.66. The van der Waals surface area contributed by atoms with E-state index >= 15 is 0 Å². The topological polar surface area (TPSA) is 0 Å². The molecule has 0 spiro atoms. The van der Waals surface area contributed by atoms with Crippen molar-refractivity contribution in [3.05, 3.63) is 35.4 Å². The van der Waals surface area contributed by atoms with Gasteiger partial charge in [-0.15, -0.1) is 0 Å². The lowest BCUT2D eigenvalue weighted by molar-refractivity contribution is 0.296. The minimum absolute atomic E-state index is 0.380. The molecule has 1 aromatic rings. The fourth-order valence-electron chi connectivity index (χ4n) is 3.26. The van der Waals surface area contributed by atoms with Crippen LogP contribution in [0.2, 0.25) is 0 Å². The normalized spacial score (nSPS) is 18.4. The van der Waals surface area contributed by atoms with Crippen molar-refractivity contribution in [2.75, 3.05) is 0 Å². The molecule has 0 bridgehead atoms. The molecule has 0 aromatic heterocycles. The summed E-state index contributed by atoms with van der Waals surface area (Å²) in [5.74, 6) is 0. The standard InChI is InChI=1S/C19H30/c1-17(2,3)12-11-15-9-7-8-10-16(15)19(13-14-19)18(4,5)6/h7-10H,11-14H2,1-6H3. The third-order valence-corrected chi connectivity index (χ3v) is 4.86. The van der Waals surface area contributed by atoms with E-state index in [0.717, 1.165) is 0 Å². The zero-order valence-electron chi connectivity index (χ0n) is 13.6. The van der Waals surface area contributed by atoms with Crippen molar-refractivity contribution >= 4 is 0 Å². The molecule has 1 aliphatic rings. The molecule has 0 nitrogen and oxygen atoms in total. The molecular formula is C19H30. The smallest absolute Gasteiger partial charge is 0.000485 e. The molecule has 1 aromatic carbocycles. The summed E-state index contributed by atoms with van der Waals surface area (Å²) in [4.78, 5) is 0. The van der Waals surface area contributed by atoms with Crippen LogP contribution in [0.3, 0.4) is 0 Å². The van der Waals surface area contributed by atoms with Gasteiger partial charge in [-0.25, -0.2) is 0 Å². The number of rotatable bonds is 3. The van der Waals surface area contributed by atoms with Crippen molar-refractivity contribution in [2.45, 2.75) is 72.6 Å². The van der Waals surface area contributed by atoms with Crippen LogP contribution < -0.4 is 0 Å². The van der Waals surface area contributed by atoms with E-state index in [9.17, 15) is 0 Å². The number of hydrogen-bond donors (Lipinski definition) is 0. The first-order valence-corrected chi connectivity index (χ1v) is 7.74. The van der Waals surface area contributed by atoms with Gasteiger partial charge in [-0.05, 0) is 47.6 Å².